The second-order valence-corrected chi connectivity index (χ2v) is 5.29. The highest BCUT2D eigenvalue weighted by molar-refractivity contribution is 5.94. The second-order valence-electron chi connectivity index (χ2n) is 5.29. The molecule has 0 spiro atoms. The van der Waals surface area contributed by atoms with Crippen molar-refractivity contribution < 1.29 is 4.79 Å². The predicted molar refractivity (Wildman–Crippen MR) is 86.8 cm³/mol. The van der Waals surface area contributed by atoms with Gasteiger partial charge in [0.1, 0.15) is 0 Å². The van der Waals surface area contributed by atoms with Crippen molar-refractivity contribution in [3.05, 3.63) is 71.8 Å². The number of rotatable bonds is 6. The Labute approximate surface area is 134 Å². The Kier molecular flexibility index (Phi) is 4.52. The average Bonchev–Trinajstić information content (AvgIpc) is 3.24. The third-order valence-electron chi connectivity index (χ3n) is 3.56. The molecule has 0 fully saturated rings. The van der Waals surface area contributed by atoms with Crippen LogP contribution in [0.2, 0.25) is 0 Å². The van der Waals surface area contributed by atoms with Gasteiger partial charge < -0.3 is 5.32 Å². The van der Waals surface area contributed by atoms with E-state index in [1.807, 2.05) is 59.0 Å². The summed E-state index contributed by atoms with van der Waals surface area (Å²) in [5, 5.41) is 11.3. The molecular formula is C17H19N5O. The molecule has 1 aromatic carbocycles. The molecule has 2 aromatic heterocycles. The van der Waals surface area contributed by atoms with Crippen molar-refractivity contribution in [2.75, 3.05) is 0 Å². The molecule has 0 atom stereocenters. The molecule has 3 aromatic rings. The summed E-state index contributed by atoms with van der Waals surface area (Å²) >= 11 is 0. The van der Waals surface area contributed by atoms with Crippen LogP contribution in [0.5, 0.6) is 0 Å². The monoisotopic (exact) mass is 309 g/mol. The zero-order valence-electron chi connectivity index (χ0n) is 13.0. The highest BCUT2D eigenvalue weighted by Crippen LogP contribution is 2.08. The highest BCUT2D eigenvalue weighted by Gasteiger charge is 2.07. The van der Waals surface area contributed by atoms with E-state index in [0.717, 1.165) is 17.7 Å². The van der Waals surface area contributed by atoms with E-state index in [-0.39, 0.29) is 5.91 Å². The van der Waals surface area contributed by atoms with Crippen LogP contribution in [0.15, 0.2) is 55.1 Å². The number of nitrogens with one attached hydrogen (secondary N) is 1. The van der Waals surface area contributed by atoms with Crippen LogP contribution in [0.25, 0.3) is 0 Å². The molecule has 3 rings (SSSR count). The number of carbonyl (C=O) groups excluding carboxylic acids is 1. The van der Waals surface area contributed by atoms with Crippen molar-refractivity contribution in [2.45, 2.75) is 26.6 Å². The van der Waals surface area contributed by atoms with Gasteiger partial charge in [0.25, 0.3) is 5.91 Å². The minimum absolute atomic E-state index is 0.0865. The van der Waals surface area contributed by atoms with Crippen LogP contribution >= 0.6 is 0 Å². The zero-order chi connectivity index (χ0) is 16.1. The molecule has 0 unspecified atom stereocenters. The van der Waals surface area contributed by atoms with E-state index in [1.165, 1.54) is 0 Å². The Bertz CT molecular complexity index is 776. The van der Waals surface area contributed by atoms with Crippen LogP contribution in [0.4, 0.5) is 0 Å². The maximum absolute atomic E-state index is 12.3. The summed E-state index contributed by atoms with van der Waals surface area (Å²) in [6.45, 7) is 3.98. The third-order valence-corrected chi connectivity index (χ3v) is 3.56. The molecule has 1 amide bonds. The molecule has 0 bridgehead atoms. The van der Waals surface area contributed by atoms with Gasteiger partial charge in [0.05, 0.1) is 12.7 Å². The summed E-state index contributed by atoms with van der Waals surface area (Å²) in [4.78, 5) is 12.3. The summed E-state index contributed by atoms with van der Waals surface area (Å²) in [5.74, 6) is -0.0865. The Balaban J connectivity index is 1.62. The fourth-order valence-corrected chi connectivity index (χ4v) is 2.35. The predicted octanol–water partition coefficient (Wildman–Crippen LogP) is 2.08. The number of hydrogen-bond donors (Lipinski definition) is 1. The molecule has 0 saturated heterocycles. The van der Waals surface area contributed by atoms with Crippen molar-refractivity contribution in [3.8, 4) is 0 Å². The number of amides is 1. The molecule has 0 radical (unpaired) electrons. The minimum Gasteiger partial charge on any atom is -0.348 e. The molecule has 23 heavy (non-hydrogen) atoms. The Hall–Kier alpha value is -2.89. The first-order valence-electron chi connectivity index (χ1n) is 7.60. The largest absolute Gasteiger partial charge is 0.348 e. The van der Waals surface area contributed by atoms with Crippen LogP contribution in [0.3, 0.4) is 0 Å². The average molecular weight is 309 g/mol. The van der Waals surface area contributed by atoms with Gasteiger partial charge in [-0.15, -0.1) is 0 Å². The third kappa shape index (κ3) is 3.85. The lowest BCUT2D eigenvalue weighted by Crippen LogP contribution is -2.22. The second kappa shape index (κ2) is 6.91. The summed E-state index contributed by atoms with van der Waals surface area (Å²) in [6.07, 6.45) is 7.36. The number of carbonyl (C=O) groups is 1. The standard InChI is InChI=1S/C17H19N5O/c1-2-21-13-15(11-20-21)10-18-17(23)16-6-3-5-14(9-16)12-22-8-4-7-19-22/h3-9,11,13H,2,10,12H2,1H3,(H,18,23). The fraction of sp³-hybridized carbons (Fsp3) is 0.235. The molecule has 0 aliphatic heterocycles. The van der Waals surface area contributed by atoms with Crippen LogP contribution in [-0.2, 0) is 19.6 Å². The number of nitrogens with zero attached hydrogens (tertiary/aromatic N) is 4. The quantitative estimate of drug-likeness (QED) is 0.758. The maximum atomic E-state index is 12.3. The Morgan fingerprint density at radius 3 is 2.83 bits per heavy atom. The maximum Gasteiger partial charge on any atom is 0.251 e. The lowest BCUT2D eigenvalue weighted by atomic mass is 10.1. The molecule has 6 heteroatoms. The van der Waals surface area contributed by atoms with Crippen LogP contribution in [0.1, 0.15) is 28.4 Å². The van der Waals surface area contributed by atoms with Crippen molar-refractivity contribution in [3.63, 3.8) is 0 Å². The van der Waals surface area contributed by atoms with Gasteiger partial charge in [-0.3, -0.25) is 14.2 Å². The lowest BCUT2D eigenvalue weighted by Gasteiger charge is -2.07. The molecule has 6 nitrogen and oxygen atoms in total. The van der Waals surface area contributed by atoms with Gasteiger partial charge >= 0.3 is 0 Å². The number of hydrogen-bond acceptors (Lipinski definition) is 3. The van der Waals surface area contributed by atoms with E-state index in [9.17, 15) is 4.79 Å². The van der Waals surface area contributed by atoms with E-state index >= 15 is 0 Å². The molecule has 2 heterocycles. The van der Waals surface area contributed by atoms with Crippen molar-refractivity contribution in [1.82, 2.24) is 24.9 Å². The summed E-state index contributed by atoms with van der Waals surface area (Å²) in [7, 11) is 0. The first-order chi connectivity index (χ1) is 11.2. The van der Waals surface area contributed by atoms with E-state index in [4.69, 9.17) is 0 Å². The molecule has 1 N–H and O–H groups in total. The van der Waals surface area contributed by atoms with E-state index in [1.54, 1.807) is 12.4 Å². The first kappa shape index (κ1) is 15.0. The van der Waals surface area contributed by atoms with Crippen molar-refractivity contribution in [1.29, 1.82) is 0 Å². The normalized spacial score (nSPS) is 10.7. The summed E-state index contributed by atoms with van der Waals surface area (Å²) in [5.41, 5.74) is 2.69. The fourth-order valence-electron chi connectivity index (χ4n) is 2.35. The van der Waals surface area contributed by atoms with E-state index in [2.05, 4.69) is 15.5 Å². The summed E-state index contributed by atoms with van der Waals surface area (Å²) < 4.78 is 3.67. The van der Waals surface area contributed by atoms with Crippen molar-refractivity contribution >= 4 is 5.91 Å². The molecule has 118 valence electrons. The smallest absolute Gasteiger partial charge is 0.251 e. The Morgan fingerprint density at radius 1 is 1.17 bits per heavy atom. The van der Waals surface area contributed by atoms with Crippen LogP contribution in [0, 0.1) is 0 Å². The summed E-state index contributed by atoms with van der Waals surface area (Å²) in [6, 6.07) is 9.48. The van der Waals surface area contributed by atoms with Crippen LogP contribution in [-0.4, -0.2) is 25.5 Å². The lowest BCUT2D eigenvalue weighted by molar-refractivity contribution is 0.0951. The molecular weight excluding hydrogens is 290 g/mol. The van der Waals surface area contributed by atoms with Gasteiger partial charge in [0.2, 0.25) is 0 Å². The van der Waals surface area contributed by atoms with Gasteiger partial charge in [-0.2, -0.15) is 10.2 Å². The molecule has 0 aliphatic rings. The van der Waals surface area contributed by atoms with Gasteiger partial charge in [0, 0.05) is 42.8 Å². The van der Waals surface area contributed by atoms with Gasteiger partial charge in [-0.25, -0.2) is 0 Å². The Morgan fingerprint density at radius 2 is 2.09 bits per heavy atom. The number of benzene rings is 1. The minimum atomic E-state index is -0.0865. The first-order valence-corrected chi connectivity index (χ1v) is 7.60. The topological polar surface area (TPSA) is 64.7 Å². The SMILES string of the molecule is CCn1cc(CNC(=O)c2cccc(Cn3cccn3)c2)cn1. The molecule has 0 saturated carbocycles. The number of aromatic nitrogens is 4. The van der Waals surface area contributed by atoms with E-state index in [0.29, 0.717) is 18.7 Å². The van der Waals surface area contributed by atoms with Gasteiger partial charge in [-0.05, 0) is 30.7 Å². The zero-order valence-corrected chi connectivity index (χ0v) is 13.0. The van der Waals surface area contributed by atoms with Crippen molar-refractivity contribution in [2.24, 2.45) is 0 Å². The van der Waals surface area contributed by atoms with Crippen LogP contribution < -0.4 is 5.32 Å². The highest BCUT2D eigenvalue weighted by atomic mass is 16.1. The van der Waals surface area contributed by atoms with E-state index < -0.39 is 0 Å². The van der Waals surface area contributed by atoms with Gasteiger partial charge in [-0.1, -0.05) is 12.1 Å². The number of aryl methyl sites for hydroxylation is 1. The van der Waals surface area contributed by atoms with Gasteiger partial charge in [0.15, 0.2) is 0 Å². The molecule has 0 aliphatic carbocycles.